The van der Waals surface area contributed by atoms with Gasteiger partial charge in [0.2, 0.25) is 0 Å². The molecule has 0 fully saturated rings. The molecule has 3 nitrogen and oxygen atoms in total. The summed E-state index contributed by atoms with van der Waals surface area (Å²) < 4.78 is 45.5. The molecule has 0 aliphatic rings. The molecular formula is C15H10F3NO2. The van der Waals surface area contributed by atoms with E-state index < -0.39 is 29.8 Å². The van der Waals surface area contributed by atoms with E-state index in [0.29, 0.717) is 0 Å². The maximum absolute atomic E-state index is 13.6. The number of rotatable bonds is 4. The molecule has 0 heterocycles. The molecule has 0 radical (unpaired) electrons. The molecule has 6 heteroatoms. The highest BCUT2D eigenvalue weighted by molar-refractivity contribution is 5.34. The molecule has 0 aliphatic carbocycles. The molecule has 0 aliphatic heterocycles. The van der Waals surface area contributed by atoms with E-state index in [9.17, 15) is 13.2 Å². The normalized spacial score (nSPS) is 10.2. The molecule has 2 aromatic carbocycles. The zero-order chi connectivity index (χ0) is 15.4. The molecule has 0 bridgehead atoms. The summed E-state index contributed by atoms with van der Waals surface area (Å²) in [7, 11) is 0. The summed E-state index contributed by atoms with van der Waals surface area (Å²) in [5, 5.41) is 17.5. The Kier molecular flexibility index (Phi) is 4.45. The molecule has 0 saturated carbocycles. The Morgan fingerprint density at radius 3 is 2.24 bits per heavy atom. The first-order valence-electron chi connectivity index (χ1n) is 5.94. The lowest BCUT2D eigenvalue weighted by atomic mass is 10.1. The van der Waals surface area contributed by atoms with Crippen LogP contribution in [0.4, 0.5) is 13.2 Å². The summed E-state index contributed by atoms with van der Waals surface area (Å²) in [6, 6.07) is 7.19. The van der Waals surface area contributed by atoms with Crippen molar-refractivity contribution in [1.82, 2.24) is 0 Å². The number of aliphatic hydroxyl groups is 1. The van der Waals surface area contributed by atoms with E-state index in [2.05, 4.69) is 0 Å². The zero-order valence-corrected chi connectivity index (χ0v) is 10.7. The van der Waals surface area contributed by atoms with Gasteiger partial charge in [-0.15, -0.1) is 0 Å². The van der Waals surface area contributed by atoms with E-state index in [-0.39, 0.29) is 23.3 Å². The van der Waals surface area contributed by atoms with Crippen LogP contribution in [0.15, 0.2) is 30.3 Å². The quantitative estimate of drug-likeness (QED) is 0.942. The molecule has 0 atom stereocenters. The van der Waals surface area contributed by atoms with Crippen molar-refractivity contribution in [3.63, 3.8) is 0 Å². The second kappa shape index (κ2) is 6.29. The van der Waals surface area contributed by atoms with Crippen LogP contribution in [0.2, 0.25) is 0 Å². The first-order chi connectivity index (χ1) is 10.0. The average Bonchev–Trinajstić information content (AvgIpc) is 2.45. The third kappa shape index (κ3) is 3.52. The van der Waals surface area contributed by atoms with Crippen LogP contribution in [0, 0.1) is 28.8 Å². The largest absolute Gasteiger partial charge is 0.483 e. The fraction of sp³-hybridized carbons (Fsp3) is 0.133. The number of hydrogen-bond donors (Lipinski definition) is 1. The molecule has 0 aromatic heterocycles. The van der Waals surface area contributed by atoms with Crippen LogP contribution in [0.5, 0.6) is 5.75 Å². The number of hydrogen-bond acceptors (Lipinski definition) is 3. The van der Waals surface area contributed by atoms with Crippen molar-refractivity contribution in [2.75, 3.05) is 0 Å². The fourth-order valence-electron chi connectivity index (χ4n) is 1.80. The van der Waals surface area contributed by atoms with E-state index >= 15 is 0 Å². The Hall–Kier alpha value is -2.52. The summed E-state index contributed by atoms with van der Waals surface area (Å²) in [6.07, 6.45) is 0. The van der Waals surface area contributed by atoms with Gasteiger partial charge in [0.15, 0.2) is 17.4 Å². The highest BCUT2D eigenvalue weighted by Gasteiger charge is 2.13. The molecule has 0 saturated heterocycles. The van der Waals surface area contributed by atoms with E-state index in [1.54, 1.807) is 6.07 Å². The SMILES string of the molecule is N#Cc1cc(F)cc(COc2c(F)cc(CO)cc2F)c1. The molecule has 1 N–H and O–H groups in total. The third-order valence-corrected chi connectivity index (χ3v) is 2.71. The predicted molar refractivity (Wildman–Crippen MR) is 67.7 cm³/mol. The highest BCUT2D eigenvalue weighted by Crippen LogP contribution is 2.24. The second-order valence-electron chi connectivity index (χ2n) is 4.30. The smallest absolute Gasteiger partial charge is 0.191 e. The van der Waals surface area contributed by atoms with E-state index in [1.807, 2.05) is 0 Å². The first kappa shape index (κ1) is 14.9. The minimum absolute atomic E-state index is 0.0786. The van der Waals surface area contributed by atoms with Crippen LogP contribution in [0.25, 0.3) is 0 Å². The summed E-state index contributed by atoms with van der Waals surface area (Å²) >= 11 is 0. The summed E-state index contributed by atoms with van der Waals surface area (Å²) in [5.74, 6) is -3.17. The van der Waals surface area contributed by atoms with Crippen molar-refractivity contribution < 1.29 is 23.0 Å². The van der Waals surface area contributed by atoms with Gasteiger partial charge in [-0.3, -0.25) is 0 Å². The van der Waals surface area contributed by atoms with Gasteiger partial charge in [-0.1, -0.05) is 0 Å². The lowest BCUT2D eigenvalue weighted by Crippen LogP contribution is -2.02. The van der Waals surface area contributed by atoms with E-state index in [1.165, 1.54) is 6.07 Å². The van der Waals surface area contributed by atoms with Crippen molar-refractivity contribution in [1.29, 1.82) is 5.26 Å². The number of benzene rings is 2. The minimum atomic E-state index is -0.962. The van der Waals surface area contributed by atoms with Gasteiger partial charge in [0, 0.05) is 0 Å². The van der Waals surface area contributed by atoms with Crippen LogP contribution < -0.4 is 4.74 Å². The fourth-order valence-corrected chi connectivity index (χ4v) is 1.80. The van der Waals surface area contributed by atoms with Gasteiger partial charge in [0.05, 0.1) is 18.2 Å². The molecule has 0 spiro atoms. The first-order valence-corrected chi connectivity index (χ1v) is 5.94. The van der Waals surface area contributed by atoms with Crippen LogP contribution in [-0.4, -0.2) is 5.11 Å². The standard InChI is InChI=1S/C15H10F3NO2/c16-12-2-9(6-19)1-11(3-12)8-21-15-13(17)4-10(7-20)5-14(15)18/h1-5,20H,7-8H2. The number of nitriles is 1. The molecule has 0 unspecified atom stereocenters. The second-order valence-corrected chi connectivity index (χ2v) is 4.30. The van der Waals surface area contributed by atoms with Crippen LogP contribution in [0.1, 0.15) is 16.7 Å². The highest BCUT2D eigenvalue weighted by atomic mass is 19.1. The van der Waals surface area contributed by atoms with Crippen molar-refractivity contribution >= 4 is 0 Å². The number of ether oxygens (including phenoxy) is 1. The van der Waals surface area contributed by atoms with Gasteiger partial charge < -0.3 is 9.84 Å². The molecular weight excluding hydrogens is 283 g/mol. The van der Waals surface area contributed by atoms with Gasteiger partial charge in [0.1, 0.15) is 12.4 Å². The van der Waals surface area contributed by atoms with Gasteiger partial charge >= 0.3 is 0 Å². The monoisotopic (exact) mass is 293 g/mol. The lowest BCUT2D eigenvalue weighted by molar-refractivity contribution is 0.266. The van der Waals surface area contributed by atoms with Crippen molar-refractivity contribution in [3.05, 3.63) is 64.5 Å². The molecule has 0 amide bonds. The third-order valence-electron chi connectivity index (χ3n) is 2.71. The number of nitrogens with zero attached hydrogens (tertiary/aromatic N) is 1. The zero-order valence-electron chi connectivity index (χ0n) is 10.7. The van der Waals surface area contributed by atoms with Gasteiger partial charge in [-0.05, 0) is 41.5 Å². The van der Waals surface area contributed by atoms with Crippen LogP contribution in [-0.2, 0) is 13.2 Å². The summed E-state index contributed by atoms with van der Waals surface area (Å²) in [6.45, 7) is -0.789. The Morgan fingerprint density at radius 1 is 1.00 bits per heavy atom. The van der Waals surface area contributed by atoms with E-state index in [0.717, 1.165) is 24.3 Å². The minimum Gasteiger partial charge on any atom is -0.483 e. The van der Waals surface area contributed by atoms with Gasteiger partial charge in [0.25, 0.3) is 0 Å². The van der Waals surface area contributed by atoms with Gasteiger partial charge in [-0.2, -0.15) is 5.26 Å². The molecule has 2 aromatic rings. The maximum atomic E-state index is 13.6. The number of aliphatic hydroxyl groups excluding tert-OH is 1. The Bertz CT molecular complexity index is 688. The number of halogens is 3. The van der Waals surface area contributed by atoms with Crippen LogP contribution >= 0.6 is 0 Å². The predicted octanol–water partition coefficient (Wildman–Crippen LogP) is 3.05. The Labute approximate surface area is 118 Å². The van der Waals surface area contributed by atoms with E-state index in [4.69, 9.17) is 15.1 Å². The molecule has 2 rings (SSSR count). The summed E-state index contributed by atoms with van der Waals surface area (Å²) in [4.78, 5) is 0. The van der Waals surface area contributed by atoms with Crippen molar-refractivity contribution in [2.45, 2.75) is 13.2 Å². The van der Waals surface area contributed by atoms with Gasteiger partial charge in [-0.25, -0.2) is 13.2 Å². The Balaban J connectivity index is 2.21. The summed E-state index contributed by atoms with van der Waals surface area (Å²) in [5.41, 5.74) is 0.441. The van der Waals surface area contributed by atoms with Crippen molar-refractivity contribution in [3.8, 4) is 11.8 Å². The molecule has 21 heavy (non-hydrogen) atoms. The lowest BCUT2D eigenvalue weighted by Gasteiger charge is -2.10. The van der Waals surface area contributed by atoms with Crippen LogP contribution in [0.3, 0.4) is 0 Å². The molecule has 108 valence electrons. The average molecular weight is 293 g/mol. The topological polar surface area (TPSA) is 53.2 Å². The van der Waals surface area contributed by atoms with Crippen molar-refractivity contribution in [2.24, 2.45) is 0 Å². The maximum Gasteiger partial charge on any atom is 0.191 e. The Morgan fingerprint density at radius 2 is 1.67 bits per heavy atom.